The van der Waals surface area contributed by atoms with E-state index in [1.807, 2.05) is 4.90 Å². The number of likely N-dealkylation sites (tertiary alicyclic amines) is 1. The Morgan fingerprint density at radius 2 is 1.88 bits per heavy atom. The number of rotatable bonds is 3. The van der Waals surface area contributed by atoms with Gasteiger partial charge in [0.1, 0.15) is 0 Å². The Morgan fingerprint density at radius 1 is 1.12 bits per heavy atom. The fraction of sp³-hybridized carbons (Fsp3) is 0.650. The first-order valence-corrected chi connectivity index (χ1v) is 9.58. The minimum Gasteiger partial charge on any atom is -0.348 e. The van der Waals surface area contributed by atoms with E-state index in [-0.39, 0.29) is 24.3 Å². The summed E-state index contributed by atoms with van der Waals surface area (Å²) in [6.45, 7) is 5.96. The fourth-order valence-electron chi connectivity index (χ4n) is 4.36. The van der Waals surface area contributed by atoms with Crippen LogP contribution in [-0.2, 0) is 27.2 Å². The molecule has 0 unspecified atom stereocenters. The first kappa shape index (κ1) is 17.0. The number of hydrogen-bond acceptors (Lipinski definition) is 4. The molecule has 25 heavy (non-hydrogen) atoms. The summed E-state index contributed by atoms with van der Waals surface area (Å²) in [6.07, 6.45) is 3.98. The maximum Gasteiger partial charge on any atom is 0.240 e. The molecule has 3 aliphatic rings. The van der Waals surface area contributed by atoms with Crippen molar-refractivity contribution < 1.29 is 14.3 Å². The van der Waals surface area contributed by atoms with E-state index in [1.165, 1.54) is 11.1 Å². The maximum absolute atomic E-state index is 13.2. The highest BCUT2D eigenvalue weighted by molar-refractivity contribution is 5.82. The Kier molecular flexibility index (Phi) is 5.06. The van der Waals surface area contributed by atoms with Crippen LogP contribution in [0.3, 0.4) is 0 Å². The predicted molar refractivity (Wildman–Crippen MR) is 95.1 cm³/mol. The van der Waals surface area contributed by atoms with Gasteiger partial charge in [0.25, 0.3) is 0 Å². The minimum absolute atomic E-state index is 0.0725. The molecular weight excluding hydrogens is 316 g/mol. The molecule has 0 bridgehead atoms. The number of hydrogen-bond donors (Lipinski definition) is 0. The molecule has 2 atom stereocenters. The van der Waals surface area contributed by atoms with E-state index >= 15 is 0 Å². The van der Waals surface area contributed by atoms with Gasteiger partial charge in [0.2, 0.25) is 5.91 Å². The summed E-state index contributed by atoms with van der Waals surface area (Å²) in [4.78, 5) is 17.6. The van der Waals surface area contributed by atoms with Gasteiger partial charge in [-0.3, -0.25) is 9.69 Å². The van der Waals surface area contributed by atoms with Gasteiger partial charge in [0.15, 0.2) is 6.29 Å². The lowest BCUT2D eigenvalue weighted by Gasteiger charge is -2.42. The molecule has 0 radical (unpaired) electrons. The van der Waals surface area contributed by atoms with Crippen LogP contribution in [0.15, 0.2) is 24.3 Å². The van der Waals surface area contributed by atoms with Crippen molar-refractivity contribution in [1.29, 1.82) is 0 Å². The van der Waals surface area contributed by atoms with E-state index in [9.17, 15) is 4.79 Å². The Morgan fingerprint density at radius 3 is 2.68 bits per heavy atom. The van der Waals surface area contributed by atoms with E-state index in [0.29, 0.717) is 13.2 Å². The molecule has 0 aromatic heterocycles. The monoisotopic (exact) mass is 344 g/mol. The molecule has 0 N–H and O–H groups in total. The van der Waals surface area contributed by atoms with Crippen LogP contribution in [0.25, 0.3) is 0 Å². The number of amides is 1. The molecule has 1 amide bonds. The van der Waals surface area contributed by atoms with Crippen LogP contribution in [0, 0.1) is 0 Å². The second-order valence-corrected chi connectivity index (χ2v) is 7.37. The lowest BCUT2D eigenvalue weighted by molar-refractivity contribution is -0.155. The molecule has 5 heteroatoms. The molecule has 2 fully saturated rings. The summed E-state index contributed by atoms with van der Waals surface area (Å²) in [5, 5.41) is 0. The topological polar surface area (TPSA) is 42.0 Å². The average molecular weight is 344 g/mol. The molecule has 2 saturated heterocycles. The third-order valence-electron chi connectivity index (χ3n) is 5.86. The van der Waals surface area contributed by atoms with E-state index in [2.05, 4.69) is 36.1 Å². The van der Waals surface area contributed by atoms with E-state index in [1.54, 1.807) is 0 Å². The number of nitrogens with zero attached hydrogens (tertiary/aromatic N) is 2. The Labute approximate surface area is 149 Å². The van der Waals surface area contributed by atoms with Crippen molar-refractivity contribution in [3.8, 4) is 0 Å². The van der Waals surface area contributed by atoms with E-state index < -0.39 is 0 Å². The zero-order valence-corrected chi connectivity index (χ0v) is 15.0. The van der Waals surface area contributed by atoms with E-state index in [4.69, 9.17) is 9.47 Å². The Bertz CT molecular complexity index is 615. The van der Waals surface area contributed by atoms with Crippen LogP contribution < -0.4 is 0 Å². The van der Waals surface area contributed by atoms with Crippen molar-refractivity contribution in [3.63, 3.8) is 0 Å². The number of benzene rings is 1. The predicted octanol–water partition coefficient (Wildman–Crippen LogP) is 2.19. The van der Waals surface area contributed by atoms with Gasteiger partial charge in [-0.25, -0.2) is 0 Å². The molecule has 5 nitrogen and oxygen atoms in total. The number of carbonyl (C=O) groups excluding carboxylic acids is 1. The van der Waals surface area contributed by atoms with Crippen LogP contribution >= 0.6 is 0 Å². The molecule has 3 aliphatic heterocycles. The van der Waals surface area contributed by atoms with Gasteiger partial charge in [0, 0.05) is 19.6 Å². The van der Waals surface area contributed by atoms with Crippen LogP contribution in [-0.4, -0.2) is 60.4 Å². The highest BCUT2D eigenvalue weighted by Gasteiger charge is 2.39. The lowest BCUT2D eigenvalue weighted by Crippen LogP contribution is -2.56. The molecule has 4 rings (SSSR count). The smallest absolute Gasteiger partial charge is 0.240 e. The highest BCUT2D eigenvalue weighted by Crippen LogP contribution is 2.27. The van der Waals surface area contributed by atoms with Crippen LogP contribution in [0.5, 0.6) is 0 Å². The molecule has 0 spiro atoms. The van der Waals surface area contributed by atoms with Crippen molar-refractivity contribution in [3.05, 3.63) is 35.4 Å². The first-order chi connectivity index (χ1) is 12.2. The largest absolute Gasteiger partial charge is 0.348 e. The molecule has 0 aliphatic carbocycles. The SMILES string of the molecule is C[C@H](C(=O)N1CCCC[C@@H]1C1OCCO1)N1CCc2ccccc2C1. The zero-order valence-electron chi connectivity index (χ0n) is 15.0. The molecular formula is C20H28N2O3. The van der Waals surface area contributed by atoms with Gasteiger partial charge in [-0.1, -0.05) is 24.3 Å². The normalized spacial score (nSPS) is 26.4. The van der Waals surface area contributed by atoms with E-state index in [0.717, 1.165) is 45.3 Å². The van der Waals surface area contributed by atoms with Crippen LogP contribution in [0.4, 0.5) is 0 Å². The Hall–Kier alpha value is -1.43. The van der Waals surface area contributed by atoms with Crippen molar-refractivity contribution in [2.45, 2.75) is 57.5 Å². The quantitative estimate of drug-likeness (QED) is 0.843. The summed E-state index contributed by atoms with van der Waals surface area (Å²) in [7, 11) is 0. The fourth-order valence-corrected chi connectivity index (χ4v) is 4.36. The molecule has 3 heterocycles. The minimum atomic E-state index is -0.237. The molecule has 0 saturated carbocycles. The lowest BCUT2D eigenvalue weighted by atomic mass is 9.97. The summed E-state index contributed by atoms with van der Waals surface area (Å²) in [6, 6.07) is 8.54. The average Bonchev–Trinajstić information content (AvgIpc) is 3.21. The summed E-state index contributed by atoms with van der Waals surface area (Å²) in [5.41, 5.74) is 2.77. The van der Waals surface area contributed by atoms with Crippen molar-refractivity contribution in [2.75, 3.05) is 26.3 Å². The summed E-state index contributed by atoms with van der Waals surface area (Å²) >= 11 is 0. The summed E-state index contributed by atoms with van der Waals surface area (Å²) < 4.78 is 11.4. The van der Waals surface area contributed by atoms with Crippen LogP contribution in [0.2, 0.25) is 0 Å². The van der Waals surface area contributed by atoms with Gasteiger partial charge in [0.05, 0.1) is 25.3 Å². The van der Waals surface area contributed by atoms with Crippen LogP contribution in [0.1, 0.15) is 37.3 Å². The first-order valence-electron chi connectivity index (χ1n) is 9.58. The highest BCUT2D eigenvalue weighted by atomic mass is 16.7. The number of ether oxygens (including phenoxy) is 2. The molecule has 1 aromatic carbocycles. The number of piperidine rings is 1. The number of fused-ring (bicyclic) bond motifs is 1. The second-order valence-electron chi connectivity index (χ2n) is 7.37. The van der Waals surface area contributed by atoms with Crippen molar-refractivity contribution in [2.24, 2.45) is 0 Å². The van der Waals surface area contributed by atoms with Gasteiger partial charge in [-0.05, 0) is 43.7 Å². The summed E-state index contributed by atoms with van der Waals surface area (Å²) in [5.74, 6) is 0.225. The zero-order chi connectivity index (χ0) is 17.2. The molecule has 136 valence electrons. The number of carbonyl (C=O) groups is 1. The van der Waals surface area contributed by atoms with Crippen molar-refractivity contribution >= 4 is 5.91 Å². The van der Waals surface area contributed by atoms with Gasteiger partial charge in [-0.15, -0.1) is 0 Å². The standard InChI is InChI=1S/C20H28N2O3/c1-15(21-11-9-16-6-2-3-7-17(16)14-21)19(23)22-10-5-4-8-18(22)20-24-12-13-25-20/h2-3,6-7,15,18,20H,4-5,8-14H2,1H3/t15-,18-/m1/s1. The molecule has 1 aromatic rings. The second kappa shape index (κ2) is 7.44. The van der Waals surface area contributed by atoms with Gasteiger partial charge < -0.3 is 14.4 Å². The van der Waals surface area contributed by atoms with Gasteiger partial charge >= 0.3 is 0 Å². The third-order valence-corrected chi connectivity index (χ3v) is 5.86. The maximum atomic E-state index is 13.2. The third kappa shape index (κ3) is 3.46. The van der Waals surface area contributed by atoms with Gasteiger partial charge in [-0.2, -0.15) is 0 Å². The Balaban J connectivity index is 1.45. The van der Waals surface area contributed by atoms with Crippen molar-refractivity contribution in [1.82, 2.24) is 9.80 Å².